The summed E-state index contributed by atoms with van der Waals surface area (Å²) in [7, 11) is 0. The first kappa shape index (κ1) is 10.7. The average molecular weight is 258 g/mol. The molecular weight excluding hydrogens is 242 g/mol. The average Bonchev–Trinajstić information content (AvgIpc) is 1.98. The van der Waals surface area contributed by atoms with E-state index in [1.54, 1.807) is 0 Å². The van der Waals surface area contributed by atoms with Crippen molar-refractivity contribution in [1.82, 2.24) is 0 Å². The second-order valence-electron chi connectivity index (χ2n) is 2.60. The minimum Gasteiger partial charge on any atom is -0.250 e. The maximum absolute atomic E-state index is 11.9. The minimum absolute atomic E-state index is 0.160. The fraction of sp³-hybridized carbons (Fsp3) is 1.00. The molecule has 0 radical (unpaired) electrons. The van der Waals surface area contributed by atoms with Gasteiger partial charge in [0.2, 0.25) is 0 Å². The second kappa shape index (κ2) is 7.76. The summed E-state index contributed by atoms with van der Waals surface area (Å²) in [6.45, 7) is 2.03. The van der Waals surface area contributed by atoms with E-state index in [2.05, 4.69) is 29.5 Å². The van der Waals surface area contributed by atoms with E-state index in [9.17, 15) is 4.39 Å². The standard InChI is InChI=1S/C8H16FI/c1-2-3-4-5-6-8(10)7-9/h8H,2-7H2,1H3. The Morgan fingerprint density at radius 3 is 2.50 bits per heavy atom. The molecule has 0 spiro atoms. The first-order chi connectivity index (χ1) is 4.81. The van der Waals surface area contributed by atoms with Gasteiger partial charge in [0.15, 0.2) is 0 Å². The zero-order valence-corrected chi connectivity index (χ0v) is 8.73. The van der Waals surface area contributed by atoms with Gasteiger partial charge >= 0.3 is 0 Å². The Bertz CT molecular complexity index is 66.3. The zero-order valence-electron chi connectivity index (χ0n) is 6.58. The fourth-order valence-corrected chi connectivity index (χ4v) is 1.31. The van der Waals surface area contributed by atoms with Gasteiger partial charge in [-0.15, -0.1) is 0 Å². The van der Waals surface area contributed by atoms with Gasteiger partial charge in [-0.1, -0.05) is 55.2 Å². The molecule has 2 heteroatoms. The lowest BCUT2D eigenvalue weighted by molar-refractivity contribution is 0.469. The highest BCUT2D eigenvalue weighted by Crippen LogP contribution is 2.12. The Balaban J connectivity index is 2.89. The van der Waals surface area contributed by atoms with Crippen molar-refractivity contribution >= 4 is 22.6 Å². The van der Waals surface area contributed by atoms with Crippen LogP contribution in [-0.2, 0) is 0 Å². The van der Waals surface area contributed by atoms with Crippen molar-refractivity contribution in [1.29, 1.82) is 0 Å². The third-order valence-electron chi connectivity index (χ3n) is 1.54. The van der Waals surface area contributed by atoms with Gasteiger partial charge in [0.25, 0.3) is 0 Å². The third-order valence-corrected chi connectivity index (χ3v) is 2.49. The van der Waals surface area contributed by atoms with Crippen LogP contribution in [0.2, 0.25) is 0 Å². The number of hydrogen-bond donors (Lipinski definition) is 0. The summed E-state index contributed by atoms with van der Waals surface area (Å²) in [6.07, 6.45) is 6.09. The molecule has 0 amide bonds. The van der Waals surface area contributed by atoms with Crippen LogP contribution in [0.1, 0.15) is 39.0 Å². The number of alkyl halides is 2. The lowest BCUT2D eigenvalue weighted by atomic mass is 10.1. The van der Waals surface area contributed by atoms with Crippen molar-refractivity contribution in [2.75, 3.05) is 6.67 Å². The normalized spacial score (nSPS) is 13.5. The van der Waals surface area contributed by atoms with E-state index < -0.39 is 0 Å². The molecule has 0 aliphatic carbocycles. The molecule has 1 unspecified atom stereocenters. The molecule has 1 atom stereocenters. The fourth-order valence-electron chi connectivity index (χ4n) is 0.870. The zero-order chi connectivity index (χ0) is 7.82. The van der Waals surface area contributed by atoms with Crippen LogP contribution in [0, 0.1) is 0 Å². The molecule has 0 saturated heterocycles. The molecule has 0 aromatic rings. The first-order valence-electron chi connectivity index (χ1n) is 4.01. The number of unbranched alkanes of at least 4 members (excludes halogenated alkanes) is 3. The van der Waals surface area contributed by atoms with E-state index in [0.717, 1.165) is 6.42 Å². The molecule has 0 aliphatic heterocycles. The molecule has 0 nitrogen and oxygen atoms in total. The Hall–Kier alpha value is 0.660. The molecular formula is C8H16FI. The number of hydrogen-bond acceptors (Lipinski definition) is 0. The highest BCUT2D eigenvalue weighted by molar-refractivity contribution is 14.1. The first-order valence-corrected chi connectivity index (χ1v) is 5.25. The van der Waals surface area contributed by atoms with E-state index in [4.69, 9.17) is 0 Å². The summed E-state index contributed by atoms with van der Waals surface area (Å²) in [5.74, 6) is 0. The summed E-state index contributed by atoms with van der Waals surface area (Å²) in [4.78, 5) is 0. The monoisotopic (exact) mass is 258 g/mol. The number of halogens is 2. The SMILES string of the molecule is CCCCCCC(I)CF. The van der Waals surface area contributed by atoms with Gasteiger partial charge in [0.05, 0.1) is 0 Å². The maximum Gasteiger partial charge on any atom is 0.101 e. The summed E-state index contributed by atoms with van der Waals surface area (Å²) in [5.41, 5.74) is 0. The van der Waals surface area contributed by atoms with Crippen LogP contribution < -0.4 is 0 Å². The second-order valence-corrected chi connectivity index (χ2v) is 4.36. The minimum atomic E-state index is -0.160. The quantitative estimate of drug-likeness (QED) is 0.387. The lowest BCUT2D eigenvalue weighted by Gasteiger charge is -2.02. The topological polar surface area (TPSA) is 0 Å². The Morgan fingerprint density at radius 2 is 2.00 bits per heavy atom. The van der Waals surface area contributed by atoms with Crippen LogP contribution in [0.4, 0.5) is 4.39 Å². The summed E-state index contributed by atoms with van der Waals surface area (Å²) in [5, 5.41) is 0. The molecule has 0 N–H and O–H groups in total. The Labute approximate surface area is 76.7 Å². The largest absolute Gasteiger partial charge is 0.250 e. The smallest absolute Gasteiger partial charge is 0.101 e. The van der Waals surface area contributed by atoms with E-state index in [1.165, 1.54) is 25.7 Å². The van der Waals surface area contributed by atoms with Gasteiger partial charge < -0.3 is 0 Å². The van der Waals surface area contributed by atoms with E-state index >= 15 is 0 Å². The van der Waals surface area contributed by atoms with E-state index in [0.29, 0.717) is 0 Å². The molecule has 0 heterocycles. The predicted octanol–water partition coefficient (Wildman–Crippen LogP) is 3.73. The molecule has 0 aliphatic rings. The predicted molar refractivity (Wildman–Crippen MR) is 52.5 cm³/mol. The third kappa shape index (κ3) is 6.78. The van der Waals surface area contributed by atoms with Crippen LogP contribution >= 0.6 is 22.6 Å². The van der Waals surface area contributed by atoms with E-state index in [1.807, 2.05) is 0 Å². The summed E-state index contributed by atoms with van der Waals surface area (Å²) in [6, 6.07) is 0. The van der Waals surface area contributed by atoms with Gasteiger partial charge in [0.1, 0.15) is 6.67 Å². The Morgan fingerprint density at radius 1 is 1.30 bits per heavy atom. The van der Waals surface area contributed by atoms with Crippen LogP contribution in [0.3, 0.4) is 0 Å². The highest BCUT2D eigenvalue weighted by atomic mass is 127. The van der Waals surface area contributed by atoms with Crippen LogP contribution in [0.15, 0.2) is 0 Å². The molecule has 0 aromatic heterocycles. The van der Waals surface area contributed by atoms with Crippen molar-refractivity contribution < 1.29 is 4.39 Å². The van der Waals surface area contributed by atoms with Crippen LogP contribution in [0.5, 0.6) is 0 Å². The maximum atomic E-state index is 11.9. The lowest BCUT2D eigenvalue weighted by Crippen LogP contribution is -1.98. The van der Waals surface area contributed by atoms with Gasteiger partial charge in [0, 0.05) is 3.92 Å². The van der Waals surface area contributed by atoms with Gasteiger partial charge in [-0.25, -0.2) is 4.39 Å². The molecule has 0 saturated carbocycles. The van der Waals surface area contributed by atoms with E-state index in [-0.39, 0.29) is 10.6 Å². The summed E-state index contributed by atoms with van der Waals surface area (Å²) < 4.78 is 12.1. The summed E-state index contributed by atoms with van der Waals surface area (Å²) >= 11 is 2.18. The molecule has 10 heavy (non-hydrogen) atoms. The van der Waals surface area contributed by atoms with Crippen LogP contribution in [0.25, 0.3) is 0 Å². The van der Waals surface area contributed by atoms with Gasteiger partial charge in [-0.05, 0) is 6.42 Å². The molecule has 0 bridgehead atoms. The molecule has 0 rings (SSSR count). The van der Waals surface area contributed by atoms with Crippen LogP contribution in [-0.4, -0.2) is 10.6 Å². The van der Waals surface area contributed by atoms with Gasteiger partial charge in [-0.2, -0.15) is 0 Å². The van der Waals surface area contributed by atoms with Crippen molar-refractivity contribution in [3.05, 3.63) is 0 Å². The van der Waals surface area contributed by atoms with Crippen molar-refractivity contribution in [3.8, 4) is 0 Å². The van der Waals surface area contributed by atoms with Gasteiger partial charge in [-0.3, -0.25) is 0 Å². The molecule has 0 fully saturated rings. The number of rotatable bonds is 6. The highest BCUT2D eigenvalue weighted by Gasteiger charge is 2.00. The molecule has 62 valence electrons. The van der Waals surface area contributed by atoms with Crippen molar-refractivity contribution in [2.24, 2.45) is 0 Å². The van der Waals surface area contributed by atoms with Crippen molar-refractivity contribution in [3.63, 3.8) is 0 Å². The van der Waals surface area contributed by atoms with Crippen molar-refractivity contribution in [2.45, 2.75) is 43.0 Å². The molecule has 0 aromatic carbocycles. The Kier molecular flexibility index (Phi) is 8.28.